The van der Waals surface area contributed by atoms with Crippen LogP contribution in [0.25, 0.3) is 0 Å². The predicted octanol–water partition coefficient (Wildman–Crippen LogP) is 2.93. The Morgan fingerprint density at radius 3 is 2.48 bits per heavy atom. The zero-order valence-electron chi connectivity index (χ0n) is 15.1. The van der Waals surface area contributed by atoms with E-state index in [-0.39, 0.29) is 12.3 Å². The van der Waals surface area contributed by atoms with E-state index in [1.54, 1.807) is 66.4 Å². The van der Waals surface area contributed by atoms with Crippen molar-refractivity contribution in [1.82, 2.24) is 5.32 Å². The Balaban J connectivity index is 1.91. The Bertz CT molecular complexity index is 865. The van der Waals surface area contributed by atoms with Crippen molar-refractivity contribution in [1.29, 1.82) is 0 Å². The number of aliphatic carboxylic acids is 1. The lowest BCUT2D eigenvalue weighted by atomic mass is 9.87. The average molecular weight is 366 g/mol. The molecule has 6 heteroatoms. The number of carbonyl (C=O) groups is 3. The molecule has 0 spiro atoms. The maximum absolute atomic E-state index is 12.9. The minimum atomic E-state index is -1.52. The van der Waals surface area contributed by atoms with Crippen LogP contribution in [0.4, 0.5) is 5.69 Å². The normalized spacial score (nSPS) is 16.0. The number of anilines is 1. The predicted molar refractivity (Wildman–Crippen MR) is 102 cm³/mol. The van der Waals surface area contributed by atoms with Crippen LogP contribution < -0.4 is 10.2 Å². The van der Waals surface area contributed by atoms with Crippen molar-refractivity contribution in [3.05, 3.63) is 65.7 Å². The van der Waals surface area contributed by atoms with Gasteiger partial charge in [0.15, 0.2) is 5.54 Å². The van der Waals surface area contributed by atoms with Crippen molar-refractivity contribution in [2.24, 2.45) is 0 Å². The maximum atomic E-state index is 12.9. The van der Waals surface area contributed by atoms with Crippen molar-refractivity contribution >= 4 is 23.5 Å². The number of benzene rings is 2. The highest BCUT2D eigenvalue weighted by atomic mass is 16.4. The molecule has 2 amide bonds. The van der Waals surface area contributed by atoms with Gasteiger partial charge in [0.1, 0.15) is 0 Å². The summed E-state index contributed by atoms with van der Waals surface area (Å²) in [6.45, 7) is 2.35. The van der Waals surface area contributed by atoms with E-state index in [0.29, 0.717) is 29.8 Å². The summed E-state index contributed by atoms with van der Waals surface area (Å²) in [5, 5.41) is 12.6. The third-order valence-electron chi connectivity index (χ3n) is 4.98. The molecule has 1 fully saturated rings. The quantitative estimate of drug-likeness (QED) is 0.823. The first kappa shape index (κ1) is 18.6. The number of rotatable bonds is 6. The zero-order valence-corrected chi connectivity index (χ0v) is 15.1. The first-order valence-corrected chi connectivity index (χ1v) is 9.00. The average Bonchev–Trinajstić information content (AvgIpc) is 3.12. The highest BCUT2D eigenvalue weighted by molar-refractivity contribution is 6.01. The summed E-state index contributed by atoms with van der Waals surface area (Å²) in [4.78, 5) is 38.5. The minimum absolute atomic E-state index is 0.0327. The van der Waals surface area contributed by atoms with Crippen LogP contribution in [0.3, 0.4) is 0 Å². The first-order valence-electron chi connectivity index (χ1n) is 9.00. The molecule has 2 N–H and O–H groups in total. The van der Waals surface area contributed by atoms with Gasteiger partial charge in [-0.05, 0) is 36.6 Å². The summed E-state index contributed by atoms with van der Waals surface area (Å²) in [6.07, 6.45) is 1.49. The lowest BCUT2D eigenvalue weighted by Gasteiger charge is -2.30. The minimum Gasteiger partial charge on any atom is -0.479 e. The molecule has 1 atom stereocenters. The Labute approximate surface area is 157 Å². The third kappa shape index (κ3) is 3.56. The second kappa shape index (κ2) is 7.61. The molecule has 140 valence electrons. The van der Waals surface area contributed by atoms with Gasteiger partial charge in [0.05, 0.1) is 0 Å². The number of nitrogens with one attached hydrogen (secondary N) is 1. The summed E-state index contributed by atoms with van der Waals surface area (Å²) >= 11 is 0. The number of amides is 2. The summed E-state index contributed by atoms with van der Waals surface area (Å²) < 4.78 is 0. The molecular formula is C21H22N2O4. The van der Waals surface area contributed by atoms with Gasteiger partial charge in [0, 0.05) is 24.2 Å². The lowest BCUT2D eigenvalue weighted by Crippen LogP contribution is -2.51. The van der Waals surface area contributed by atoms with E-state index < -0.39 is 17.4 Å². The van der Waals surface area contributed by atoms with Crippen LogP contribution in [0, 0.1) is 0 Å². The maximum Gasteiger partial charge on any atom is 0.334 e. The Kier molecular flexibility index (Phi) is 5.26. The SMILES string of the molecule is CCC(NC(=O)c1cccc(N2CCCC2=O)c1)(C(=O)O)c1ccccc1. The van der Waals surface area contributed by atoms with Crippen LogP contribution in [0.1, 0.15) is 42.1 Å². The Hall–Kier alpha value is -3.15. The van der Waals surface area contributed by atoms with Gasteiger partial charge >= 0.3 is 5.97 Å². The van der Waals surface area contributed by atoms with Gasteiger partial charge in [-0.15, -0.1) is 0 Å². The lowest BCUT2D eigenvalue weighted by molar-refractivity contribution is -0.145. The van der Waals surface area contributed by atoms with Crippen LogP contribution in [0.2, 0.25) is 0 Å². The van der Waals surface area contributed by atoms with Crippen molar-refractivity contribution in [3.8, 4) is 0 Å². The summed E-state index contributed by atoms with van der Waals surface area (Å²) in [7, 11) is 0. The molecule has 1 aliphatic rings. The fourth-order valence-electron chi connectivity index (χ4n) is 3.42. The van der Waals surface area contributed by atoms with Gasteiger partial charge in [0.25, 0.3) is 5.91 Å². The molecule has 2 aromatic rings. The molecule has 1 aliphatic heterocycles. The fourth-order valence-corrected chi connectivity index (χ4v) is 3.42. The third-order valence-corrected chi connectivity index (χ3v) is 4.98. The first-order chi connectivity index (χ1) is 13.0. The number of carbonyl (C=O) groups excluding carboxylic acids is 2. The molecular weight excluding hydrogens is 344 g/mol. The number of nitrogens with zero attached hydrogens (tertiary/aromatic N) is 1. The Morgan fingerprint density at radius 1 is 1.15 bits per heavy atom. The molecule has 0 saturated carbocycles. The van der Waals surface area contributed by atoms with Crippen molar-refractivity contribution in [3.63, 3.8) is 0 Å². The van der Waals surface area contributed by atoms with Gasteiger partial charge < -0.3 is 15.3 Å². The molecule has 27 heavy (non-hydrogen) atoms. The van der Waals surface area contributed by atoms with Crippen LogP contribution in [-0.4, -0.2) is 29.4 Å². The van der Waals surface area contributed by atoms with E-state index in [1.165, 1.54) is 0 Å². The van der Waals surface area contributed by atoms with Crippen LogP contribution in [0.5, 0.6) is 0 Å². The molecule has 6 nitrogen and oxygen atoms in total. The molecule has 1 saturated heterocycles. The van der Waals surface area contributed by atoms with Crippen LogP contribution in [-0.2, 0) is 15.1 Å². The summed E-state index contributed by atoms with van der Waals surface area (Å²) in [6, 6.07) is 15.4. The number of carboxylic acids is 1. The molecule has 0 radical (unpaired) electrons. The Morgan fingerprint density at radius 2 is 1.89 bits per heavy atom. The van der Waals surface area contributed by atoms with E-state index >= 15 is 0 Å². The molecule has 1 unspecified atom stereocenters. The van der Waals surface area contributed by atoms with E-state index in [2.05, 4.69) is 5.32 Å². The molecule has 2 aromatic carbocycles. The van der Waals surface area contributed by atoms with Crippen molar-refractivity contribution in [2.45, 2.75) is 31.7 Å². The molecule has 1 heterocycles. The van der Waals surface area contributed by atoms with Crippen molar-refractivity contribution < 1.29 is 19.5 Å². The van der Waals surface area contributed by atoms with Gasteiger partial charge in [-0.1, -0.05) is 43.3 Å². The van der Waals surface area contributed by atoms with Crippen molar-refractivity contribution in [2.75, 3.05) is 11.4 Å². The second-order valence-corrected chi connectivity index (χ2v) is 6.58. The highest BCUT2D eigenvalue weighted by Crippen LogP contribution is 2.27. The van der Waals surface area contributed by atoms with Gasteiger partial charge in [-0.3, -0.25) is 9.59 Å². The van der Waals surface area contributed by atoms with E-state index in [1.807, 2.05) is 0 Å². The zero-order chi connectivity index (χ0) is 19.4. The van der Waals surface area contributed by atoms with Crippen LogP contribution in [0.15, 0.2) is 54.6 Å². The van der Waals surface area contributed by atoms with Gasteiger partial charge in [-0.2, -0.15) is 0 Å². The summed E-state index contributed by atoms with van der Waals surface area (Å²) in [5.41, 5.74) is -0.0265. The smallest absolute Gasteiger partial charge is 0.334 e. The van der Waals surface area contributed by atoms with E-state index in [0.717, 1.165) is 6.42 Å². The molecule has 0 bridgehead atoms. The topological polar surface area (TPSA) is 86.7 Å². The summed E-state index contributed by atoms with van der Waals surface area (Å²) in [5.74, 6) is -1.57. The fraction of sp³-hybridized carbons (Fsp3) is 0.286. The second-order valence-electron chi connectivity index (χ2n) is 6.58. The molecule has 0 aromatic heterocycles. The van der Waals surface area contributed by atoms with Crippen LogP contribution >= 0.6 is 0 Å². The van der Waals surface area contributed by atoms with E-state index in [9.17, 15) is 19.5 Å². The standard InChI is InChI=1S/C21H22N2O4/c1-2-21(20(26)27,16-9-4-3-5-10-16)22-19(25)15-8-6-11-17(14-15)23-13-7-12-18(23)24/h3-6,8-11,14H,2,7,12-13H2,1H3,(H,22,25)(H,26,27). The number of hydrogen-bond acceptors (Lipinski definition) is 3. The van der Waals surface area contributed by atoms with E-state index in [4.69, 9.17) is 0 Å². The monoisotopic (exact) mass is 366 g/mol. The number of carboxylic acid groups (broad SMARTS) is 1. The highest BCUT2D eigenvalue weighted by Gasteiger charge is 2.40. The number of hydrogen-bond donors (Lipinski definition) is 2. The largest absolute Gasteiger partial charge is 0.479 e. The van der Waals surface area contributed by atoms with Gasteiger partial charge in [0.2, 0.25) is 5.91 Å². The molecule has 0 aliphatic carbocycles. The van der Waals surface area contributed by atoms with Gasteiger partial charge in [-0.25, -0.2) is 4.79 Å². The molecule has 3 rings (SSSR count).